The van der Waals surface area contributed by atoms with Crippen LogP contribution >= 0.6 is 11.3 Å². The minimum absolute atomic E-state index is 0.159. The fraction of sp³-hybridized carbons (Fsp3) is 0.556. The van der Waals surface area contributed by atoms with Crippen molar-refractivity contribution in [3.8, 4) is 0 Å². The second-order valence-electron chi connectivity index (χ2n) is 8.36. The molecule has 9 nitrogen and oxygen atoms in total. The molecule has 0 saturated carbocycles. The quantitative estimate of drug-likeness (QED) is 0.343. The molecule has 2 aromatic rings. The molecule has 156 valence electrons. The largest absolute Gasteiger partial charge is 0.359 e. The molecule has 2 aromatic heterocycles. The molecule has 4 rings (SSSR count). The van der Waals surface area contributed by atoms with Crippen molar-refractivity contribution in [1.82, 2.24) is 29.7 Å². The molecule has 2 aliphatic heterocycles. The van der Waals surface area contributed by atoms with Crippen molar-refractivity contribution in [3.05, 3.63) is 40.9 Å². The monoisotopic (exact) mass is 434 g/mol. The van der Waals surface area contributed by atoms with Crippen LogP contribution in [0.15, 0.2) is 24.5 Å². The highest BCUT2D eigenvalue weighted by molar-refractivity contribution is 7.09. The molecule has 0 radical (unpaired) electrons. The predicted octanol–water partition coefficient (Wildman–Crippen LogP) is 3.05. The number of fused-ring (bicyclic) bond motifs is 4. The second kappa shape index (κ2) is 7.98. The number of carbonyl (C=O) groups is 1. The van der Waals surface area contributed by atoms with Gasteiger partial charge >= 0.3 is 6.03 Å². The predicted molar refractivity (Wildman–Crippen MR) is 111 cm³/mol. The Kier molecular flexibility index (Phi) is 5.56. The zero-order chi connectivity index (χ0) is 20.6. The van der Waals surface area contributed by atoms with Gasteiger partial charge in [-0.25, -0.2) is 19.4 Å². The Morgan fingerprint density at radius 1 is 1.38 bits per heavy atom. The number of thiazole rings is 1. The van der Waals surface area contributed by atoms with Crippen LogP contribution in [0.1, 0.15) is 28.5 Å². The zero-order valence-corrected chi connectivity index (χ0v) is 18.8. The van der Waals surface area contributed by atoms with Crippen LogP contribution in [0.3, 0.4) is 0 Å². The molecular formula is C18H26N6O3SSi. The van der Waals surface area contributed by atoms with Crippen molar-refractivity contribution >= 4 is 25.4 Å². The number of hydrogen-bond acceptors (Lipinski definition) is 7. The molecule has 29 heavy (non-hydrogen) atoms. The van der Waals surface area contributed by atoms with Crippen molar-refractivity contribution in [2.45, 2.75) is 44.5 Å². The Hall–Kier alpha value is -2.08. The molecule has 0 N–H and O–H groups in total. The van der Waals surface area contributed by atoms with Gasteiger partial charge in [0.2, 0.25) is 0 Å². The molecular weight excluding hydrogens is 408 g/mol. The first-order chi connectivity index (χ1) is 13.9. The minimum atomic E-state index is -1.13. The Labute approximate surface area is 174 Å². The lowest BCUT2D eigenvalue weighted by atomic mass is 10.0. The normalized spacial score (nSPS) is 21.0. The zero-order valence-electron chi connectivity index (χ0n) is 16.9. The first-order valence-corrected chi connectivity index (χ1v) is 14.2. The lowest BCUT2D eigenvalue weighted by Gasteiger charge is -2.27. The maximum atomic E-state index is 12.9. The fourth-order valence-electron chi connectivity index (χ4n) is 3.44. The van der Waals surface area contributed by atoms with Gasteiger partial charge in [0.15, 0.2) is 5.82 Å². The standard InChI is InChI=1S/C18H26N6O3SSi/c1-5-6-27-24-13-9-23(18(24)25)15(14-16(13)28-11-20-14)17-19-10-22(21-17)12-26-7-8-29(2,3)4/h5,10-11,13,15H,1,6-9,12H2,2-4H3/t13-,15+/m1/s1. The first kappa shape index (κ1) is 20.2. The van der Waals surface area contributed by atoms with Gasteiger partial charge in [0.05, 0.1) is 29.2 Å². The van der Waals surface area contributed by atoms with Gasteiger partial charge in [-0.3, -0.25) is 4.84 Å². The lowest BCUT2D eigenvalue weighted by molar-refractivity contribution is -0.118. The maximum Gasteiger partial charge on any atom is 0.345 e. The van der Waals surface area contributed by atoms with Gasteiger partial charge in [0.1, 0.15) is 25.1 Å². The summed E-state index contributed by atoms with van der Waals surface area (Å²) in [5, 5.41) is 6.00. The van der Waals surface area contributed by atoms with E-state index in [1.807, 2.05) is 0 Å². The van der Waals surface area contributed by atoms with Crippen molar-refractivity contribution in [1.29, 1.82) is 0 Å². The molecule has 2 bridgehead atoms. The average Bonchev–Trinajstić information content (AvgIpc) is 3.38. The van der Waals surface area contributed by atoms with Gasteiger partial charge in [-0.05, 0) is 6.04 Å². The van der Waals surface area contributed by atoms with Crippen LogP contribution in [0, 0.1) is 0 Å². The molecule has 1 fully saturated rings. The summed E-state index contributed by atoms with van der Waals surface area (Å²) in [5.74, 6) is 0.545. The first-order valence-electron chi connectivity index (χ1n) is 9.63. The Morgan fingerprint density at radius 2 is 2.21 bits per heavy atom. The molecule has 11 heteroatoms. The van der Waals surface area contributed by atoms with E-state index in [1.165, 1.54) is 16.4 Å². The minimum Gasteiger partial charge on any atom is -0.359 e. The topological polar surface area (TPSA) is 85.6 Å². The van der Waals surface area contributed by atoms with Crippen LogP contribution in [0.5, 0.6) is 0 Å². The van der Waals surface area contributed by atoms with Crippen molar-refractivity contribution < 1.29 is 14.4 Å². The summed E-state index contributed by atoms with van der Waals surface area (Å²) in [7, 11) is -1.13. The highest BCUT2D eigenvalue weighted by Crippen LogP contribution is 2.46. The van der Waals surface area contributed by atoms with Crippen molar-refractivity contribution in [2.24, 2.45) is 0 Å². The lowest BCUT2D eigenvalue weighted by Crippen LogP contribution is -2.35. The molecule has 4 heterocycles. The van der Waals surface area contributed by atoms with Crippen molar-refractivity contribution in [3.63, 3.8) is 0 Å². The van der Waals surface area contributed by atoms with Crippen LogP contribution in [-0.2, 0) is 16.3 Å². The summed E-state index contributed by atoms with van der Waals surface area (Å²) >= 11 is 1.53. The number of hydroxylamine groups is 2. The van der Waals surface area contributed by atoms with Gasteiger partial charge in [-0.2, -0.15) is 10.2 Å². The van der Waals surface area contributed by atoms with E-state index >= 15 is 0 Å². The van der Waals surface area contributed by atoms with E-state index < -0.39 is 14.1 Å². The van der Waals surface area contributed by atoms with Gasteiger partial charge < -0.3 is 9.64 Å². The van der Waals surface area contributed by atoms with Crippen molar-refractivity contribution in [2.75, 3.05) is 19.8 Å². The van der Waals surface area contributed by atoms with E-state index in [4.69, 9.17) is 9.57 Å². The summed E-state index contributed by atoms with van der Waals surface area (Å²) < 4.78 is 7.43. The van der Waals surface area contributed by atoms with Gasteiger partial charge in [-0.1, -0.05) is 25.7 Å². The van der Waals surface area contributed by atoms with Gasteiger partial charge in [-0.15, -0.1) is 17.9 Å². The molecule has 2 amide bonds. The maximum absolute atomic E-state index is 12.9. The molecule has 1 saturated heterocycles. The number of nitrogens with zero attached hydrogens (tertiary/aromatic N) is 6. The molecule has 0 aliphatic carbocycles. The summed E-state index contributed by atoms with van der Waals surface area (Å²) in [6.07, 6.45) is 3.27. The van der Waals surface area contributed by atoms with E-state index in [2.05, 4.69) is 41.3 Å². The third-order valence-electron chi connectivity index (χ3n) is 4.93. The summed E-state index contributed by atoms with van der Waals surface area (Å²) in [6.45, 7) is 12.5. The number of aromatic nitrogens is 4. The fourth-order valence-corrected chi connectivity index (χ4v) is 5.09. The number of urea groups is 1. The van der Waals surface area contributed by atoms with Crippen LogP contribution in [0.2, 0.25) is 25.7 Å². The van der Waals surface area contributed by atoms with E-state index in [9.17, 15) is 4.79 Å². The average molecular weight is 435 g/mol. The summed E-state index contributed by atoms with van der Waals surface area (Å²) in [6, 6.07) is 0.326. The smallest absolute Gasteiger partial charge is 0.345 e. The molecule has 0 spiro atoms. The van der Waals surface area contributed by atoms with E-state index in [1.54, 1.807) is 27.5 Å². The number of amides is 2. The molecule has 0 aromatic carbocycles. The third-order valence-corrected chi connectivity index (χ3v) is 7.58. The van der Waals surface area contributed by atoms with E-state index in [0.29, 0.717) is 25.7 Å². The van der Waals surface area contributed by atoms with E-state index in [0.717, 1.165) is 16.6 Å². The van der Waals surface area contributed by atoms with Gasteiger partial charge in [0, 0.05) is 14.7 Å². The Balaban J connectivity index is 1.50. The van der Waals surface area contributed by atoms with Gasteiger partial charge in [0.25, 0.3) is 0 Å². The third kappa shape index (κ3) is 3.99. The molecule has 2 atom stereocenters. The Bertz CT molecular complexity index is 894. The summed E-state index contributed by atoms with van der Waals surface area (Å²) in [5.41, 5.74) is 2.62. The summed E-state index contributed by atoms with van der Waals surface area (Å²) in [4.78, 5) is 30.3. The number of hydrogen-bond donors (Lipinski definition) is 0. The number of carbonyl (C=O) groups excluding carboxylic acids is 1. The Morgan fingerprint density at radius 3 is 2.97 bits per heavy atom. The molecule has 0 unspecified atom stereocenters. The van der Waals surface area contributed by atoms with Crippen LogP contribution in [0.25, 0.3) is 0 Å². The molecule has 2 aliphatic rings. The van der Waals surface area contributed by atoms with E-state index in [-0.39, 0.29) is 18.7 Å². The highest BCUT2D eigenvalue weighted by Gasteiger charge is 2.51. The SMILES string of the molecule is C=CCON1C(=O)N2C[C@@H]1c1scnc1[C@H]2c1ncn(COCC[Si](C)(C)C)n1. The van der Waals surface area contributed by atoms with Crippen LogP contribution in [0.4, 0.5) is 4.79 Å². The highest BCUT2D eigenvalue weighted by atomic mass is 32.1. The number of ether oxygens (including phenoxy) is 1. The van der Waals surface area contributed by atoms with Crippen LogP contribution in [-0.4, -0.2) is 63.6 Å². The number of rotatable bonds is 9. The van der Waals surface area contributed by atoms with Crippen LogP contribution < -0.4 is 0 Å². The second-order valence-corrected chi connectivity index (χ2v) is 14.9.